The molecule has 0 heterocycles. The largest absolute Gasteiger partial charge is 0.496 e. The molecule has 1 N–H and O–H groups in total. The lowest BCUT2D eigenvalue weighted by Crippen LogP contribution is -2.33. The Labute approximate surface area is 127 Å². The first-order valence-corrected chi connectivity index (χ1v) is 6.24. The summed E-state index contributed by atoms with van der Waals surface area (Å²) < 4.78 is 10.4. The van der Waals surface area contributed by atoms with E-state index in [0.717, 1.165) is 0 Å². The van der Waals surface area contributed by atoms with Crippen LogP contribution in [0.25, 0.3) is 6.08 Å². The van der Waals surface area contributed by atoms with Crippen LogP contribution in [0.15, 0.2) is 29.4 Å². The molecule has 1 unspecified atom stereocenters. The van der Waals surface area contributed by atoms with E-state index in [1.54, 1.807) is 30.3 Å². The number of allylic oxidation sites excluding steroid dienone is 1. The minimum Gasteiger partial charge on any atom is -0.496 e. The maximum absolute atomic E-state index is 11.6. The summed E-state index contributed by atoms with van der Waals surface area (Å²) in [6.07, 6.45) is 3.21. The van der Waals surface area contributed by atoms with Crippen LogP contribution in [-0.2, 0) is 10.4 Å². The topological polar surface area (TPSA) is 103 Å². The summed E-state index contributed by atoms with van der Waals surface area (Å²) in [7, 11) is 2.85. The minimum absolute atomic E-state index is 0.0912. The number of benzene rings is 1. The zero-order valence-electron chi connectivity index (χ0n) is 12.0. The zero-order chi connectivity index (χ0) is 16.3. The Hall–Kier alpha value is -3.09. The standard InChI is InChI=1S/C16H12N2O4/c1-21-13-5-6-14(22-2)15-11(13)3-4-12(10(7-17)8-18)16(15,20)9-19/h3-6,9,20H,1-2H3. The lowest BCUT2D eigenvalue weighted by Gasteiger charge is -2.31. The average molecular weight is 296 g/mol. The Morgan fingerprint density at radius 1 is 1.18 bits per heavy atom. The lowest BCUT2D eigenvalue weighted by atomic mass is 9.77. The molecular weight excluding hydrogens is 284 g/mol. The van der Waals surface area contributed by atoms with Crippen molar-refractivity contribution in [3.63, 3.8) is 0 Å². The smallest absolute Gasteiger partial charge is 0.176 e. The van der Waals surface area contributed by atoms with Crippen LogP contribution >= 0.6 is 0 Å². The molecule has 2 rings (SSSR count). The van der Waals surface area contributed by atoms with E-state index in [1.807, 2.05) is 0 Å². The predicted molar refractivity (Wildman–Crippen MR) is 76.8 cm³/mol. The van der Waals surface area contributed by atoms with Gasteiger partial charge in [-0.3, -0.25) is 4.79 Å². The number of rotatable bonds is 3. The zero-order valence-corrected chi connectivity index (χ0v) is 12.0. The molecule has 0 saturated carbocycles. The van der Waals surface area contributed by atoms with Crippen molar-refractivity contribution in [3.8, 4) is 23.6 Å². The maximum atomic E-state index is 11.6. The van der Waals surface area contributed by atoms with Gasteiger partial charge in [-0.25, -0.2) is 0 Å². The van der Waals surface area contributed by atoms with Crippen LogP contribution < -0.4 is 9.47 Å². The van der Waals surface area contributed by atoms with Crippen molar-refractivity contribution in [2.24, 2.45) is 0 Å². The number of methoxy groups -OCH3 is 2. The van der Waals surface area contributed by atoms with E-state index >= 15 is 0 Å². The number of ether oxygens (including phenoxy) is 2. The van der Waals surface area contributed by atoms with E-state index in [0.29, 0.717) is 11.3 Å². The third kappa shape index (κ3) is 2.03. The third-order valence-corrected chi connectivity index (χ3v) is 3.48. The quantitative estimate of drug-likeness (QED) is 0.669. The first kappa shape index (κ1) is 15.3. The monoisotopic (exact) mass is 296 g/mol. The summed E-state index contributed by atoms with van der Waals surface area (Å²) in [5, 5.41) is 28.9. The number of carbonyl (C=O) groups excluding carboxylic acids is 1. The molecule has 0 bridgehead atoms. The van der Waals surface area contributed by atoms with Gasteiger partial charge in [0.15, 0.2) is 11.9 Å². The van der Waals surface area contributed by atoms with Crippen LogP contribution in [0.2, 0.25) is 0 Å². The Morgan fingerprint density at radius 2 is 1.77 bits per heavy atom. The van der Waals surface area contributed by atoms with E-state index in [9.17, 15) is 9.90 Å². The van der Waals surface area contributed by atoms with Crippen LogP contribution in [-0.4, -0.2) is 25.6 Å². The summed E-state index contributed by atoms with van der Waals surface area (Å²) in [6, 6.07) is 6.55. The second-order valence-electron chi connectivity index (χ2n) is 4.49. The molecule has 0 amide bonds. The predicted octanol–water partition coefficient (Wildman–Crippen LogP) is 1.46. The number of aldehydes is 1. The average Bonchev–Trinajstić information content (AvgIpc) is 2.56. The minimum atomic E-state index is -2.16. The number of fused-ring (bicyclic) bond motifs is 1. The molecule has 1 aromatic rings. The molecular formula is C16H12N2O4. The summed E-state index contributed by atoms with van der Waals surface area (Å²) in [5.74, 6) is 0.685. The van der Waals surface area contributed by atoms with Gasteiger partial charge in [0.2, 0.25) is 0 Å². The summed E-state index contributed by atoms with van der Waals surface area (Å²) in [5.41, 5.74) is -2.00. The number of carbonyl (C=O) groups is 1. The van der Waals surface area contributed by atoms with Gasteiger partial charge < -0.3 is 14.6 Å². The van der Waals surface area contributed by atoms with Gasteiger partial charge in [0.25, 0.3) is 0 Å². The highest BCUT2D eigenvalue weighted by molar-refractivity contribution is 5.86. The molecule has 0 aliphatic heterocycles. The first-order chi connectivity index (χ1) is 10.6. The molecule has 22 heavy (non-hydrogen) atoms. The van der Waals surface area contributed by atoms with Crippen LogP contribution in [0.4, 0.5) is 0 Å². The molecule has 1 aromatic carbocycles. The van der Waals surface area contributed by atoms with Crippen molar-refractivity contribution in [1.82, 2.24) is 0 Å². The van der Waals surface area contributed by atoms with Crippen LogP contribution in [0.5, 0.6) is 11.5 Å². The molecule has 1 atom stereocenters. The van der Waals surface area contributed by atoms with E-state index in [4.69, 9.17) is 20.0 Å². The van der Waals surface area contributed by atoms with E-state index in [-0.39, 0.29) is 28.7 Å². The molecule has 0 fully saturated rings. The Morgan fingerprint density at radius 3 is 2.27 bits per heavy atom. The molecule has 0 spiro atoms. The second kappa shape index (κ2) is 5.72. The lowest BCUT2D eigenvalue weighted by molar-refractivity contribution is -0.121. The van der Waals surface area contributed by atoms with Crippen molar-refractivity contribution in [2.75, 3.05) is 14.2 Å². The van der Waals surface area contributed by atoms with Crippen molar-refractivity contribution in [2.45, 2.75) is 5.60 Å². The molecule has 0 radical (unpaired) electrons. The summed E-state index contributed by atoms with van der Waals surface area (Å²) >= 11 is 0. The van der Waals surface area contributed by atoms with Crippen molar-refractivity contribution in [3.05, 3.63) is 40.5 Å². The van der Waals surface area contributed by atoms with E-state index < -0.39 is 5.60 Å². The van der Waals surface area contributed by atoms with Crippen LogP contribution in [0.3, 0.4) is 0 Å². The molecule has 1 aliphatic rings. The molecule has 6 heteroatoms. The summed E-state index contributed by atoms with van der Waals surface area (Å²) in [6.45, 7) is 0. The number of hydrogen-bond donors (Lipinski definition) is 1. The van der Waals surface area contributed by atoms with Gasteiger partial charge in [0.05, 0.1) is 14.2 Å². The number of nitrogens with zero attached hydrogens (tertiary/aromatic N) is 2. The Bertz CT molecular complexity index is 765. The number of hydrogen-bond acceptors (Lipinski definition) is 6. The maximum Gasteiger partial charge on any atom is 0.176 e. The van der Waals surface area contributed by atoms with Gasteiger partial charge in [-0.1, -0.05) is 12.2 Å². The highest BCUT2D eigenvalue weighted by Crippen LogP contribution is 2.45. The third-order valence-electron chi connectivity index (χ3n) is 3.48. The van der Waals surface area contributed by atoms with Gasteiger partial charge in [-0.2, -0.15) is 10.5 Å². The summed E-state index contributed by atoms with van der Waals surface area (Å²) in [4.78, 5) is 11.6. The highest BCUT2D eigenvalue weighted by Gasteiger charge is 2.42. The van der Waals surface area contributed by atoms with Crippen molar-refractivity contribution >= 4 is 12.4 Å². The Balaban J connectivity index is 2.93. The van der Waals surface area contributed by atoms with Gasteiger partial charge in [0.1, 0.15) is 29.2 Å². The second-order valence-corrected chi connectivity index (χ2v) is 4.49. The Kier molecular flexibility index (Phi) is 3.98. The highest BCUT2D eigenvalue weighted by atomic mass is 16.5. The first-order valence-electron chi connectivity index (χ1n) is 6.24. The number of nitriles is 2. The fourth-order valence-corrected chi connectivity index (χ4v) is 2.46. The van der Waals surface area contributed by atoms with E-state index in [1.165, 1.54) is 20.3 Å². The van der Waals surface area contributed by atoms with Gasteiger partial charge >= 0.3 is 0 Å². The van der Waals surface area contributed by atoms with Crippen LogP contribution in [0.1, 0.15) is 11.1 Å². The van der Waals surface area contributed by atoms with Crippen molar-refractivity contribution in [1.29, 1.82) is 10.5 Å². The molecule has 110 valence electrons. The molecule has 0 aromatic heterocycles. The molecule has 0 saturated heterocycles. The van der Waals surface area contributed by atoms with Gasteiger partial charge in [-0.05, 0) is 12.1 Å². The van der Waals surface area contributed by atoms with E-state index in [2.05, 4.69) is 0 Å². The fourth-order valence-electron chi connectivity index (χ4n) is 2.46. The fraction of sp³-hybridized carbons (Fsp3) is 0.188. The molecule has 1 aliphatic carbocycles. The van der Waals surface area contributed by atoms with Crippen LogP contribution in [0, 0.1) is 22.7 Å². The van der Waals surface area contributed by atoms with Crippen molar-refractivity contribution < 1.29 is 19.4 Å². The van der Waals surface area contributed by atoms with Gasteiger partial charge in [0, 0.05) is 16.7 Å². The normalized spacial score (nSPS) is 18.7. The number of aliphatic hydroxyl groups is 1. The SMILES string of the molecule is COc1ccc(OC)c2c1C=CC(=C(C#N)C#N)C2(O)C=O. The van der Waals surface area contributed by atoms with Gasteiger partial charge in [-0.15, -0.1) is 0 Å². The molecule has 6 nitrogen and oxygen atoms in total.